The highest BCUT2D eigenvalue weighted by atomic mass is 14.9. The molecule has 0 radical (unpaired) electrons. The highest BCUT2D eigenvalue weighted by Crippen LogP contribution is 2.22. The molecule has 19 heavy (non-hydrogen) atoms. The molecule has 2 N–H and O–H groups in total. The zero-order chi connectivity index (χ0) is 13.5. The Kier molecular flexibility index (Phi) is 5.87. The smallest absolute Gasteiger partial charge is 0.0208 e. The molecule has 1 aromatic carbocycles. The molecule has 0 fully saturated rings. The first kappa shape index (κ1) is 14.5. The minimum Gasteiger partial charge on any atom is -0.316 e. The lowest BCUT2D eigenvalue weighted by Crippen LogP contribution is -2.34. The molecule has 0 saturated carbocycles. The molecule has 2 rings (SSSR count). The van der Waals surface area contributed by atoms with E-state index in [-0.39, 0.29) is 0 Å². The lowest BCUT2D eigenvalue weighted by molar-refractivity contribution is 0.482. The molecule has 1 aliphatic rings. The van der Waals surface area contributed by atoms with Crippen LogP contribution < -0.4 is 10.6 Å². The third kappa shape index (κ3) is 4.63. The van der Waals surface area contributed by atoms with Gasteiger partial charge in [0.25, 0.3) is 0 Å². The van der Waals surface area contributed by atoms with Crippen molar-refractivity contribution < 1.29 is 0 Å². The van der Waals surface area contributed by atoms with Gasteiger partial charge in [-0.15, -0.1) is 0 Å². The fourth-order valence-corrected chi connectivity index (χ4v) is 2.85. The monoisotopic (exact) mass is 260 g/mol. The van der Waals surface area contributed by atoms with Gasteiger partial charge in [-0.2, -0.15) is 0 Å². The first-order valence-corrected chi connectivity index (χ1v) is 7.76. The number of hydrogen-bond acceptors (Lipinski definition) is 2. The number of benzene rings is 1. The SMILES string of the molecule is CC(C)CCCCNCC1CNCc2ccccc21. The van der Waals surface area contributed by atoms with E-state index < -0.39 is 0 Å². The molecule has 2 nitrogen and oxygen atoms in total. The van der Waals surface area contributed by atoms with E-state index >= 15 is 0 Å². The molecule has 0 bridgehead atoms. The van der Waals surface area contributed by atoms with Gasteiger partial charge in [-0.1, -0.05) is 51.0 Å². The second-order valence-electron chi connectivity index (χ2n) is 6.12. The maximum atomic E-state index is 3.63. The molecule has 1 aromatic rings. The Morgan fingerprint density at radius 1 is 1.26 bits per heavy atom. The number of hydrogen-bond donors (Lipinski definition) is 2. The van der Waals surface area contributed by atoms with E-state index in [9.17, 15) is 0 Å². The van der Waals surface area contributed by atoms with Crippen molar-refractivity contribution in [3.05, 3.63) is 35.4 Å². The first-order valence-electron chi connectivity index (χ1n) is 7.76. The highest BCUT2D eigenvalue weighted by Gasteiger charge is 2.18. The zero-order valence-corrected chi connectivity index (χ0v) is 12.4. The summed E-state index contributed by atoms with van der Waals surface area (Å²) in [6.45, 7) is 9.00. The highest BCUT2D eigenvalue weighted by molar-refractivity contribution is 5.32. The molecule has 106 valence electrons. The number of nitrogens with one attached hydrogen (secondary N) is 2. The Morgan fingerprint density at radius 2 is 2.11 bits per heavy atom. The zero-order valence-electron chi connectivity index (χ0n) is 12.4. The van der Waals surface area contributed by atoms with Gasteiger partial charge >= 0.3 is 0 Å². The van der Waals surface area contributed by atoms with Crippen LogP contribution in [0, 0.1) is 5.92 Å². The van der Waals surface area contributed by atoms with Crippen molar-refractivity contribution in [2.24, 2.45) is 5.92 Å². The molecule has 1 aliphatic heterocycles. The van der Waals surface area contributed by atoms with Gasteiger partial charge < -0.3 is 10.6 Å². The Hall–Kier alpha value is -0.860. The van der Waals surface area contributed by atoms with Crippen molar-refractivity contribution in [1.82, 2.24) is 10.6 Å². The van der Waals surface area contributed by atoms with Crippen LogP contribution in [0.3, 0.4) is 0 Å². The largest absolute Gasteiger partial charge is 0.316 e. The molecule has 0 saturated heterocycles. The molecule has 0 aromatic heterocycles. The maximum Gasteiger partial charge on any atom is 0.0208 e. The molecule has 0 amide bonds. The Bertz CT molecular complexity index is 373. The quantitative estimate of drug-likeness (QED) is 0.735. The second kappa shape index (κ2) is 7.66. The molecular weight excluding hydrogens is 232 g/mol. The van der Waals surface area contributed by atoms with Gasteiger partial charge in [0.05, 0.1) is 0 Å². The fourth-order valence-electron chi connectivity index (χ4n) is 2.85. The van der Waals surface area contributed by atoms with Gasteiger partial charge in [-0.25, -0.2) is 0 Å². The number of rotatable bonds is 7. The summed E-state index contributed by atoms with van der Waals surface area (Å²) in [5.74, 6) is 1.48. The molecule has 0 spiro atoms. The summed E-state index contributed by atoms with van der Waals surface area (Å²) in [7, 11) is 0. The van der Waals surface area contributed by atoms with Gasteiger partial charge in [0, 0.05) is 25.6 Å². The minimum atomic E-state index is 0.634. The van der Waals surface area contributed by atoms with Crippen molar-refractivity contribution in [3.8, 4) is 0 Å². The van der Waals surface area contributed by atoms with Gasteiger partial charge in [0.15, 0.2) is 0 Å². The van der Waals surface area contributed by atoms with Crippen molar-refractivity contribution in [2.75, 3.05) is 19.6 Å². The maximum absolute atomic E-state index is 3.63. The van der Waals surface area contributed by atoms with Crippen molar-refractivity contribution in [2.45, 2.75) is 45.6 Å². The van der Waals surface area contributed by atoms with E-state index in [0.29, 0.717) is 5.92 Å². The van der Waals surface area contributed by atoms with Crippen molar-refractivity contribution >= 4 is 0 Å². The van der Waals surface area contributed by atoms with Crippen molar-refractivity contribution in [3.63, 3.8) is 0 Å². The third-order valence-electron chi connectivity index (χ3n) is 3.98. The summed E-state index contributed by atoms with van der Waals surface area (Å²) in [5, 5.41) is 7.15. The minimum absolute atomic E-state index is 0.634. The Labute approximate surface area is 118 Å². The first-order chi connectivity index (χ1) is 9.27. The van der Waals surface area contributed by atoms with Gasteiger partial charge in [0.2, 0.25) is 0 Å². The number of unbranched alkanes of at least 4 members (excludes halogenated alkanes) is 1. The lowest BCUT2D eigenvalue weighted by Gasteiger charge is -2.26. The Morgan fingerprint density at radius 3 is 2.95 bits per heavy atom. The fraction of sp³-hybridized carbons (Fsp3) is 0.647. The molecule has 1 heterocycles. The van der Waals surface area contributed by atoms with E-state index in [1.54, 1.807) is 0 Å². The summed E-state index contributed by atoms with van der Waals surface area (Å²) < 4.78 is 0. The molecule has 2 heteroatoms. The van der Waals surface area contributed by atoms with Crippen LogP contribution in [0.15, 0.2) is 24.3 Å². The average molecular weight is 260 g/mol. The molecule has 1 unspecified atom stereocenters. The average Bonchev–Trinajstić information content (AvgIpc) is 2.42. The van der Waals surface area contributed by atoms with Crippen LogP contribution in [0.2, 0.25) is 0 Å². The topological polar surface area (TPSA) is 24.1 Å². The van der Waals surface area contributed by atoms with Gasteiger partial charge in [-0.3, -0.25) is 0 Å². The third-order valence-corrected chi connectivity index (χ3v) is 3.98. The predicted octanol–water partition coefficient (Wildman–Crippen LogP) is 3.29. The standard InChI is InChI=1S/C17H28N2/c1-14(2)7-5-6-10-18-12-16-13-19-11-15-8-3-4-9-17(15)16/h3-4,8-9,14,16,18-19H,5-7,10-13H2,1-2H3. The molecule has 0 aliphatic carbocycles. The van der Waals surface area contributed by atoms with E-state index in [1.165, 1.54) is 30.4 Å². The van der Waals surface area contributed by atoms with Crippen LogP contribution in [-0.2, 0) is 6.54 Å². The number of fused-ring (bicyclic) bond motifs is 1. The molecular formula is C17H28N2. The van der Waals surface area contributed by atoms with Crippen LogP contribution >= 0.6 is 0 Å². The summed E-state index contributed by atoms with van der Waals surface area (Å²) in [5.41, 5.74) is 3.01. The van der Waals surface area contributed by atoms with Gasteiger partial charge in [-0.05, 0) is 30.0 Å². The lowest BCUT2D eigenvalue weighted by atomic mass is 9.91. The van der Waals surface area contributed by atoms with E-state index in [1.807, 2.05) is 0 Å². The van der Waals surface area contributed by atoms with E-state index in [0.717, 1.165) is 32.1 Å². The predicted molar refractivity (Wildman–Crippen MR) is 82.4 cm³/mol. The van der Waals surface area contributed by atoms with Crippen LogP contribution in [-0.4, -0.2) is 19.6 Å². The van der Waals surface area contributed by atoms with Crippen LogP contribution in [0.4, 0.5) is 0 Å². The second-order valence-corrected chi connectivity index (χ2v) is 6.12. The normalized spacial score (nSPS) is 18.6. The van der Waals surface area contributed by atoms with Crippen LogP contribution in [0.5, 0.6) is 0 Å². The summed E-state index contributed by atoms with van der Waals surface area (Å²) >= 11 is 0. The molecule has 1 atom stereocenters. The van der Waals surface area contributed by atoms with Crippen LogP contribution in [0.1, 0.15) is 50.2 Å². The summed E-state index contributed by atoms with van der Waals surface area (Å²) in [6.07, 6.45) is 4.01. The Balaban J connectivity index is 1.70. The summed E-state index contributed by atoms with van der Waals surface area (Å²) in [4.78, 5) is 0. The summed E-state index contributed by atoms with van der Waals surface area (Å²) in [6, 6.07) is 8.85. The van der Waals surface area contributed by atoms with Crippen LogP contribution in [0.25, 0.3) is 0 Å². The van der Waals surface area contributed by atoms with E-state index in [2.05, 4.69) is 48.7 Å². The van der Waals surface area contributed by atoms with E-state index in [4.69, 9.17) is 0 Å². The van der Waals surface area contributed by atoms with Gasteiger partial charge in [0.1, 0.15) is 0 Å². The van der Waals surface area contributed by atoms with Crippen molar-refractivity contribution in [1.29, 1.82) is 0 Å².